The van der Waals surface area contributed by atoms with Crippen molar-refractivity contribution in [1.29, 1.82) is 0 Å². The number of hydrogen-bond acceptors (Lipinski definition) is 7. The zero-order valence-electron chi connectivity index (χ0n) is 21.0. The van der Waals surface area contributed by atoms with Crippen LogP contribution in [0.1, 0.15) is 23.8 Å². The summed E-state index contributed by atoms with van der Waals surface area (Å²) in [6.45, 7) is -2.97. The Hall–Kier alpha value is -4.69. The van der Waals surface area contributed by atoms with Gasteiger partial charge in [0, 0.05) is 35.5 Å². The minimum atomic E-state index is -2.97. The normalized spacial score (nSPS) is 12.3. The number of pyridine rings is 1. The van der Waals surface area contributed by atoms with Gasteiger partial charge >= 0.3 is 6.55 Å². The van der Waals surface area contributed by atoms with Gasteiger partial charge in [0.15, 0.2) is 11.0 Å². The van der Waals surface area contributed by atoms with Gasteiger partial charge in [-0.05, 0) is 46.3 Å². The van der Waals surface area contributed by atoms with E-state index in [0.717, 1.165) is 5.56 Å². The van der Waals surface area contributed by atoms with Crippen molar-refractivity contribution in [2.24, 2.45) is 0 Å². The van der Waals surface area contributed by atoms with Gasteiger partial charge in [-0.3, -0.25) is 9.67 Å². The van der Waals surface area contributed by atoms with Crippen molar-refractivity contribution < 1.29 is 17.6 Å². The molecule has 6 aromatic rings. The fourth-order valence-corrected chi connectivity index (χ4v) is 4.89. The highest BCUT2D eigenvalue weighted by Gasteiger charge is 2.24. The molecule has 42 heavy (non-hydrogen) atoms. The Balaban J connectivity index is 1.41. The molecular weight excluding hydrogens is 599 g/mol. The van der Waals surface area contributed by atoms with Crippen molar-refractivity contribution in [3.8, 4) is 28.1 Å². The van der Waals surface area contributed by atoms with E-state index in [1.165, 1.54) is 52.5 Å². The number of benzene rings is 2. The molecule has 4 heterocycles. The summed E-state index contributed by atoms with van der Waals surface area (Å²) >= 11 is 12.1. The van der Waals surface area contributed by atoms with E-state index in [9.17, 15) is 13.2 Å². The molecule has 0 spiro atoms. The second kappa shape index (κ2) is 11.3. The zero-order chi connectivity index (χ0) is 29.4. The van der Waals surface area contributed by atoms with E-state index in [-0.39, 0.29) is 27.0 Å². The standard InChI is InChI=1S/C26H16Cl2F4N10/c27-18-6-8-20(41-13-34-37-39-41)22(23(18)30)15-3-7-19(33-10-15)21(9-14-1-4-17(29)5-2-14)40-12-16(11-35-40)24-25(28)36-38-42(24)26(31)32/h1-8,10-13,21,26H,9H2. The number of halogens is 6. The predicted octanol–water partition coefficient (Wildman–Crippen LogP) is 5.99. The molecule has 0 saturated carbocycles. The van der Waals surface area contributed by atoms with Crippen LogP contribution < -0.4 is 0 Å². The molecule has 212 valence electrons. The molecule has 0 saturated heterocycles. The van der Waals surface area contributed by atoms with Gasteiger partial charge in [-0.15, -0.1) is 10.2 Å². The Morgan fingerprint density at radius 2 is 1.69 bits per heavy atom. The molecular formula is C26H16Cl2F4N10. The first-order chi connectivity index (χ1) is 20.3. The molecule has 1 unspecified atom stereocenters. The molecule has 0 aliphatic heterocycles. The summed E-state index contributed by atoms with van der Waals surface area (Å²) in [6, 6.07) is 11.6. The van der Waals surface area contributed by atoms with Gasteiger partial charge in [0.1, 0.15) is 17.8 Å². The van der Waals surface area contributed by atoms with E-state index >= 15 is 4.39 Å². The van der Waals surface area contributed by atoms with Crippen LogP contribution in [0, 0.1) is 11.6 Å². The topological polar surface area (TPSA) is 105 Å². The summed E-state index contributed by atoms with van der Waals surface area (Å²) in [5.41, 5.74) is 2.26. The first-order valence-corrected chi connectivity index (χ1v) is 12.9. The van der Waals surface area contributed by atoms with Crippen LogP contribution in [0.25, 0.3) is 28.1 Å². The highest BCUT2D eigenvalue weighted by molar-refractivity contribution is 6.31. The number of tetrazole rings is 1. The predicted molar refractivity (Wildman–Crippen MR) is 143 cm³/mol. The van der Waals surface area contributed by atoms with E-state index in [2.05, 4.69) is 35.9 Å². The number of aromatic nitrogens is 10. The maximum Gasteiger partial charge on any atom is 0.335 e. The fourth-order valence-electron chi connectivity index (χ4n) is 4.50. The highest BCUT2D eigenvalue weighted by Crippen LogP contribution is 2.35. The summed E-state index contributed by atoms with van der Waals surface area (Å²) < 4.78 is 59.1. The summed E-state index contributed by atoms with van der Waals surface area (Å²) in [5.74, 6) is -1.08. The van der Waals surface area contributed by atoms with Gasteiger partial charge in [0.25, 0.3) is 0 Å². The lowest BCUT2D eigenvalue weighted by molar-refractivity contribution is 0.0565. The third kappa shape index (κ3) is 5.21. The minimum absolute atomic E-state index is 0.0969. The molecule has 0 aliphatic rings. The SMILES string of the molecule is Fc1ccc(CC(c2ccc(-c3c(-n4cnnn4)ccc(Cl)c3F)cn2)n2cc(-c3c(Cl)nnn3C(F)F)cn2)cc1. The van der Waals surface area contributed by atoms with Crippen LogP contribution in [-0.4, -0.2) is 50.0 Å². The average Bonchev–Trinajstić information content (AvgIpc) is 3.76. The van der Waals surface area contributed by atoms with E-state index in [1.54, 1.807) is 30.3 Å². The summed E-state index contributed by atoms with van der Waals surface area (Å²) in [5, 5.41) is 22.1. The van der Waals surface area contributed by atoms with Crippen molar-refractivity contribution in [2.75, 3.05) is 0 Å². The van der Waals surface area contributed by atoms with Crippen LogP contribution in [0.3, 0.4) is 0 Å². The summed E-state index contributed by atoms with van der Waals surface area (Å²) in [6.07, 6.45) is 5.96. The lowest BCUT2D eigenvalue weighted by Gasteiger charge is -2.18. The molecule has 6 rings (SSSR count). The maximum absolute atomic E-state index is 15.3. The van der Waals surface area contributed by atoms with E-state index < -0.39 is 24.2 Å². The molecule has 0 aliphatic carbocycles. The Bertz CT molecular complexity index is 1840. The Morgan fingerprint density at radius 3 is 2.38 bits per heavy atom. The molecule has 0 amide bonds. The molecule has 0 fully saturated rings. The molecule has 4 aromatic heterocycles. The van der Waals surface area contributed by atoms with Crippen LogP contribution in [0.2, 0.25) is 10.2 Å². The third-order valence-corrected chi connectivity index (χ3v) is 7.01. The lowest BCUT2D eigenvalue weighted by Crippen LogP contribution is -2.16. The van der Waals surface area contributed by atoms with Crippen molar-refractivity contribution in [3.63, 3.8) is 0 Å². The monoisotopic (exact) mass is 614 g/mol. The highest BCUT2D eigenvalue weighted by atomic mass is 35.5. The van der Waals surface area contributed by atoms with Crippen molar-refractivity contribution in [2.45, 2.75) is 19.0 Å². The van der Waals surface area contributed by atoms with Crippen molar-refractivity contribution in [1.82, 2.24) is 50.0 Å². The second-order valence-corrected chi connectivity index (χ2v) is 9.75. The van der Waals surface area contributed by atoms with E-state index in [0.29, 0.717) is 28.0 Å². The molecule has 0 N–H and O–H groups in total. The number of alkyl halides is 2. The molecule has 16 heteroatoms. The van der Waals surface area contributed by atoms with Gasteiger partial charge < -0.3 is 0 Å². The molecule has 1 atom stereocenters. The Kier molecular flexibility index (Phi) is 7.39. The van der Waals surface area contributed by atoms with Crippen LogP contribution in [0.5, 0.6) is 0 Å². The number of nitrogens with zero attached hydrogens (tertiary/aromatic N) is 10. The first kappa shape index (κ1) is 27.5. The zero-order valence-corrected chi connectivity index (χ0v) is 22.5. The largest absolute Gasteiger partial charge is 0.335 e. The minimum Gasteiger partial charge on any atom is -0.263 e. The Morgan fingerprint density at radius 1 is 0.881 bits per heavy atom. The molecule has 0 radical (unpaired) electrons. The number of hydrogen-bond donors (Lipinski definition) is 0. The molecule has 10 nitrogen and oxygen atoms in total. The van der Waals surface area contributed by atoms with Gasteiger partial charge in [0.2, 0.25) is 0 Å². The maximum atomic E-state index is 15.3. The van der Waals surface area contributed by atoms with Gasteiger partial charge in [-0.1, -0.05) is 46.6 Å². The van der Waals surface area contributed by atoms with Crippen LogP contribution in [0.15, 0.2) is 73.4 Å². The van der Waals surface area contributed by atoms with Gasteiger partial charge in [-0.2, -0.15) is 23.2 Å². The fraction of sp³-hybridized carbons (Fsp3) is 0.115. The summed E-state index contributed by atoms with van der Waals surface area (Å²) in [4.78, 5) is 4.59. The van der Waals surface area contributed by atoms with Crippen LogP contribution in [-0.2, 0) is 6.42 Å². The van der Waals surface area contributed by atoms with Gasteiger partial charge in [0.05, 0.1) is 28.6 Å². The third-order valence-electron chi connectivity index (χ3n) is 6.46. The lowest BCUT2D eigenvalue weighted by atomic mass is 10.0. The van der Waals surface area contributed by atoms with Crippen molar-refractivity contribution in [3.05, 3.63) is 107 Å². The van der Waals surface area contributed by atoms with Gasteiger partial charge in [-0.25, -0.2) is 8.78 Å². The molecule has 0 bridgehead atoms. The summed E-state index contributed by atoms with van der Waals surface area (Å²) in [7, 11) is 0. The first-order valence-electron chi connectivity index (χ1n) is 12.2. The average molecular weight is 615 g/mol. The van der Waals surface area contributed by atoms with E-state index in [1.807, 2.05) is 0 Å². The Labute approximate surface area is 244 Å². The van der Waals surface area contributed by atoms with E-state index in [4.69, 9.17) is 23.2 Å². The second-order valence-electron chi connectivity index (χ2n) is 8.99. The van der Waals surface area contributed by atoms with Crippen LogP contribution in [0.4, 0.5) is 17.6 Å². The molecule has 2 aromatic carbocycles. The van der Waals surface area contributed by atoms with Crippen molar-refractivity contribution >= 4 is 23.2 Å². The smallest absolute Gasteiger partial charge is 0.263 e. The number of rotatable bonds is 8. The quantitative estimate of drug-likeness (QED) is 0.194. The van der Waals surface area contributed by atoms with Crippen LogP contribution >= 0.6 is 23.2 Å².